The van der Waals surface area contributed by atoms with Gasteiger partial charge in [-0.1, -0.05) is 49.6 Å². The van der Waals surface area contributed by atoms with Crippen LogP contribution in [0.5, 0.6) is 0 Å². The Bertz CT molecular complexity index is 638. The molecule has 3 unspecified atom stereocenters. The second-order valence-corrected chi connectivity index (χ2v) is 8.13. The summed E-state index contributed by atoms with van der Waals surface area (Å²) in [5, 5.41) is 0. The first kappa shape index (κ1) is 17.7. The summed E-state index contributed by atoms with van der Waals surface area (Å²) in [7, 11) is 0. The van der Waals surface area contributed by atoms with Gasteiger partial charge in [-0.25, -0.2) is 0 Å². The zero-order valence-electron chi connectivity index (χ0n) is 15.4. The average Bonchev–Trinajstić information content (AvgIpc) is 3.12. The molecule has 3 aliphatic rings. The van der Waals surface area contributed by atoms with Crippen LogP contribution in [0.15, 0.2) is 30.3 Å². The zero-order chi connectivity index (χ0) is 17.9. The Morgan fingerprint density at radius 2 is 1.77 bits per heavy atom. The smallest absolute Gasteiger partial charge is 0.232 e. The zero-order valence-corrected chi connectivity index (χ0v) is 15.4. The minimum Gasteiger partial charge on any atom is -0.373 e. The number of piperidine rings is 1. The Labute approximate surface area is 155 Å². The van der Waals surface area contributed by atoms with Crippen molar-refractivity contribution in [3.05, 3.63) is 35.9 Å². The number of fused-ring (bicyclic) bond motifs is 1. The molecule has 2 aliphatic carbocycles. The van der Waals surface area contributed by atoms with E-state index < -0.39 is 0 Å². The Hall–Kier alpha value is -1.68. The van der Waals surface area contributed by atoms with Gasteiger partial charge in [0, 0.05) is 18.4 Å². The van der Waals surface area contributed by atoms with Crippen LogP contribution < -0.4 is 0 Å². The van der Waals surface area contributed by atoms with Gasteiger partial charge in [-0.15, -0.1) is 0 Å². The average molecular weight is 355 g/mol. The number of hydrogen-bond donors (Lipinski definition) is 0. The van der Waals surface area contributed by atoms with Crippen molar-refractivity contribution in [3.8, 4) is 0 Å². The summed E-state index contributed by atoms with van der Waals surface area (Å²) in [6.45, 7) is 1.19. The number of benzene rings is 1. The predicted molar refractivity (Wildman–Crippen MR) is 99.1 cm³/mol. The fourth-order valence-electron chi connectivity index (χ4n) is 5.09. The lowest BCUT2D eigenvalue weighted by molar-refractivity contribution is -0.155. The van der Waals surface area contributed by atoms with Gasteiger partial charge in [0.25, 0.3) is 0 Å². The molecule has 1 saturated heterocycles. The fourth-order valence-corrected chi connectivity index (χ4v) is 5.09. The van der Waals surface area contributed by atoms with Gasteiger partial charge in [0.1, 0.15) is 0 Å². The van der Waals surface area contributed by atoms with E-state index in [0.29, 0.717) is 13.2 Å². The number of hydrogen-bond acceptors (Lipinski definition) is 3. The van der Waals surface area contributed by atoms with E-state index in [4.69, 9.17) is 4.74 Å². The van der Waals surface area contributed by atoms with Crippen LogP contribution in [0.2, 0.25) is 0 Å². The van der Waals surface area contributed by atoms with Crippen LogP contribution in [0.25, 0.3) is 0 Å². The van der Waals surface area contributed by atoms with Crippen LogP contribution >= 0.6 is 0 Å². The number of rotatable bonds is 4. The summed E-state index contributed by atoms with van der Waals surface area (Å²) in [4.78, 5) is 27.4. The fraction of sp³-hybridized carbons (Fsp3) is 0.636. The van der Waals surface area contributed by atoms with Gasteiger partial charge in [-0.3, -0.25) is 14.5 Å². The molecule has 1 aromatic rings. The highest BCUT2D eigenvalue weighted by atomic mass is 16.5. The SMILES string of the molecule is O=C(C1CCCCC1)N1CCC2C(OCc3ccccc3)CCC2C1=O. The predicted octanol–water partition coefficient (Wildman–Crippen LogP) is 3.94. The first-order valence-electron chi connectivity index (χ1n) is 10.2. The molecule has 3 atom stereocenters. The van der Waals surface area contributed by atoms with Crippen molar-refractivity contribution in [2.45, 2.75) is 64.1 Å². The third kappa shape index (κ3) is 3.57. The molecular formula is C22H29NO3. The minimum atomic E-state index is -0.0166. The molecule has 2 saturated carbocycles. The first-order valence-corrected chi connectivity index (χ1v) is 10.2. The second kappa shape index (κ2) is 7.91. The largest absolute Gasteiger partial charge is 0.373 e. The van der Waals surface area contributed by atoms with Crippen molar-refractivity contribution in [3.63, 3.8) is 0 Å². The normalized spacial score (nSPS) is 29.6. The maximum Gasteiger partial charge on any atom is 0.232 e. The van der Waals surface area contributed by atoms with Crippen molar-refractivity contribution in [1.29, 1.82) is 0 Å². The summed E-state index contributed by atoms with van der Waals surface area (Å²) < 4.78 is 6.16. The Balaban J connectivity index is 1.35. The number of likely N-dealkylation sites (tertiary alicyclic amines) is 1. The lowest BCUT2D eigenvalue weighted by Crippen LogP contribution is -2.50. The molecule has 0 bridgehead atoms. The molecule has 1 aromatic carbocycles. The molecule has 3 fully saturated rings. The van der Waals surface area contributed by atoms with Gasteiger partial charge in [0.15, 0.2) is 0 Å². The van der Waals surface area contributed by atoms with Gasteiger partial charge in [-0.05, 0) is 43.6 Å². The monoisotopic (exact) mass is 355 g/mol. The number of imide groups is 1. The molecule has 1 heterocycles. The molecule has 4 heteroatoms. The highest BCUT2D eigenvalue weighted by Crippen LogP contribution is 2.41. The topological polar surface area (TPSA) is 46.6 Å². The van der Waals surface area contributed by atoms with E-state index in [1.165, 1.54) is 12.0 Å². The van der Waals surface area contributed by atoms with E-state index in [1.54, 1.807) is 4.90 Å². The van der Waals surface area contributed by atoms with Gasteiger partial charge in [0.05, 0.1) is 12.7 Å². The Morgan fingerprint density at radius 3 is 2.54 bits per heavy atom. The number of carbonyl (C=O) groups excluding carboxylic acids is 2. The Kier molecular flexibility index (Phi) is 5.39. The van der Waals surface area contributed by atoms with Crippen LogP contribution in [0.1, 0.15) is 56.9 Å². The maximum atomic E-state index is 13.0. The lowest BCUT2D eigenvalue weighted by atomic mass is 9.84. The molecule has 0 spiro atoms. The van der Waals surface area contributed by atoms with E-state index in [-0.39, 0.29) is 35.7 Å². The highest BCUT2D eigenvalue weighted by Gasteiger charge is 2.47. The standard InChI is InChI=1S/C22H29NO3/c24-21(17-9-5-2-6-10-17)23-14-13-18-19(22(23)25)11-12-20(18)26-15-16-7-3-1-4-8-16/h1,3-4,7-8,17-20H,2,5-6,9-15H2. The summed E-state index contributed by atoms with van der Waals surface area (Å²) in [5.74, 6) is 0.513. The van der Waals surface area contributed by atoms with E-state index in [9.17, 15) is 9.59 Å². The molecule has 1 aliphatic heterocycles. The third-order valence-electron chi connectivity index (χ3n) is 6.55. The van der Waals surface area contributed by atoms with Gasteiger partial charge in [-0.2, -0.15) is 0 Å². The van der Waals surface area contributed by atoms with Crippen LogP contribution in [0.3, 0.4) is 0 Å². The van der Waals surface area contributed by atoms with Gasteiger partial charge in [0.2, 0.25) is 11.8 Å². The molecule has 26 heavy (non-hydrogen) atoms. The lowest BCUT2D eigenvalue weighted by Gasteiger charge is -2.37. The molecule has 4 rings (SSSR count). The van der Waals surface area contributed by atoms with E-state index in [0.717, 1.165) is 44.9 Å². The summed E-state index contributed by atoms with van der Waals surface area (Å²) >= 11 is 0. The van der Waals surface area contributed by atoms with Crippen LogP contribution in [-0.4, -0.2) is 29.4 Å². The molecular weight excluding hydrogens is 326 g/mol. The number of ether oxygens (including phenoxy) is 1. The molecule has 0 N–H and O–H groups in total. The number of nitrogens with zero attached hydrogens (tertiary/aromatic N) is 1. The van der Waals surface area contributed by atoms with Crippen LogP contribution in [-0.2, 0) is 20.9 Å². The quantitative estimate of drug-likeness (QED) is 0.769. The number of carbonyl (C=O) groups is 2. The van der Waals surface area contributed by atoms with Crippen LogP contribution in [0.4, 0.5) is 0 Å². The van der Waals surface area contributed by atoms with Crippen molar-refractivity contribution in [2.75, 3.05) is 6.54 Å². The van der Waals surface area contributed by atoms with Gasteiger partial charge < -0.3 is 4.74 Å². The van der Waals surface area contributed by atoms with E-state index >= 15 is 0 Å². The van der Waals surface area contributed by atoms with E-state index in [1.807, 2.05) is 18.2 Å². The van der Waals surface area contributed by atoms with E-state index in [2.05, 4.69) is 12.1 Å². The van der Waals surface area contributed by atoms with Crippen molar-refractivity contribution in [2.24, 2.45) is 17.8 Å². The summed E-state index contributed by atoms with van der Waals surface area (Å²) in [5.41, 5.74) is 1.17. The first-order chi connectivity index (χ1) is 12.7. The Morgan fingerprint density at radius 1 is 1.00 bits per heavy atom. The molecule has 4 nitrogen and oxygen atoms in total. The third-order valence-corrected chi connectivity index (χ3v) is 6.55. The second-order valence-electron chi connectivity index (χ2n) is 8.13. The van der Waals surface area contributed by atoms with Crippen molar-refractivity contribution >= 4 is 11.8 Å². The van der Waals surface area contributed by atoms with Gasteiger partial charge >= 0.3 is 0 Å². The maximum absolute atomic E-state index is 13.0. The summed E-state index contributed by atoms with van der Waals surface area (Å²) in [6.07, 6.45) is 8.23. The highest BCUT2D eigenvalue weighted by molar-refractivity contribution is 5.98. The van der Waals surface area contributed by atoms with Crippen molar-refractivity contribution in [1.82, 2.24) is 4.90 Å². The summed E-state index contributed by atoms with van der Waals surface area (Å²) in [6, 6.07) is 10.2. The number of amides is 2. The van der Waals surface area contributed by atoms with Crippen molar-refractivity contribution < 1.29 is 14.3 Å². The minimum absolute atomic E-state index is 0.0166. The van der Waals surface area contributed by atoms with Crippen LogP contribution in [0, 0.1) is 17.8 Å². The molecule has 0 radical (unpaired) electrons. The molecule has 140 valence electrons. The molecule has 0 aromatic heterocycles. The molecule has 2 amide bonds.